The zero-order chi connectivity index (χ0) is 15.7. The number of rotatable bonds is 10. The third-order valence-electron chi connectivity index (χ3n) is 3.63. The highest BCUT2D eigenvalue weighted by Crippen LogP contribution is 2.22. The van der Waals surface area contributed by atoms with Crippen LogP contribution in [0.1, 0.15) is 71.2 Å². The Labute approximate surface area is 130 Å². The Balaban J connectivity index is 2.82. The van der Waals surface area contributed by atoms with Crippen LogP contribution in [0.2, 0.25) is 0 Å². The first-order chi connectivity index (χ1) is 10.1. The van der Waals surface area contributed by atoms with Crippen molar-refractivity contribution in [1.82, 2.24) is 9.97 Å². The third kappa shape index (κ3) is 5.90. The molecule has 1 rings (SSSR count). The molecule has 0 aromatic carbocycles. The molecule has 1 unspecified atom stereocenters. The van der Waals surface area contributed by atoms with E-state index < -0.39 is 0 Å². The Morgan fingerprint density at radius 2 is 1.71 bits per heavy atom. The summed E-state index contributed by atoms with van der Waals surface area (Å²) >= 11 is 0. The van der Waals surface area contributed by atoms with Crippen LogP contribution in [0.25, 0.3) is 0 Å². The first-order valence-electron chi connectivity index (χ1n) is 8.50. The van der Waals surface area contributed by atoms with Gasteiger partial charge in [0, 0.05) is 24.6 Å². The molecule has 2 N–H and O–H groups in total. The second-order valence-corrected chi connectivity index (χ2v) is 5.78. The van der Waals surface area contributed by atoms with Crippen LogP contribution in [-0.4, -0.2) is 22.6 Å². The lowest BCUT2D eigenvalue weighted by molar-refractivity contribution is 0.613. The van der Waals surface area contributed by atoms with Gasteiger partial charge in [-0.05, 0) is 33.6 Å². The van der Waals surface area contributed by atoms with E-state index in [2.05, 4.69) is 50.2 Å². The maximum atomic E-state index is 4.71. The van der Waals surface area contributed by atoms with Crippen molar-refractivity contribution in [3.05, 3.63) is 11.4 Å². The van der Waals surface area contributed by atoms with E-state index in [0.717, 1.165) is 42.4 Å². The summed E-state index contributed by atoms with van der Waals surface area (Å²) in [6.07, 6.45) is 7.04. The molecule has 1 aromatic heterocycles. The average Bonchev–Trinajstić information content (AvgIpc) is 2.44. The van der Waals surface area contributed by atoms with Crippen molar-refractivity contribution in [2.24, 2.45) is 0 Å². The van der Waals surface area contributed by atoms with E-state index in [4.69, 9.17) is 4.98 Å². The zero-order valence-corrected chi connectivity index (χ0v) is 14.4. The minimum Gasteiger partial charge on any atom is -0.370 e. The van der Waals surface area contributed by atoms with Gasteiger partial charge in [-0.25, -0.2) is 9.97 Å². The quantitative estimate of drug-likeness (QED) is 0.621. The van der Waals surface area contributed by atoms with Crippen molar-refractivity contribution in [3.8, 4) is 0 Å². The molecular formula is C17H32N4. The fourth-order valence-electron chi connectivity index (χ4n) is 2.38. The van der Waals surface area contributed by atoms with Crippen molar-refractivity contribution in [3.63, 3.8) is 0 Å². The highest BCUT2D eigenvalue weighted by molar-refractivity contribution is 5.57. The molecule has 1 aromatic rings. The lowest BCUT2D eigenvalue weighted by atomic mass is 10.1. The molecule has 4 nitrogen and oxygen atoms in total. The lowest BCUT2D eigenvalue weighted by Crippen LogP contribution is -2.19. The Bertz CT molecular complexity index is 417. The molecule has 0 aliphatic rings. The second-order valence-electron chi connectivity index (χ2n) is 5.78. The molecule has 0 aliphatic heterocycles. The van der Waals surface area contributed by atoms with E-state index in [1.54, 1.807) is 0 Å². The minimum absolute atomic E-state index is 0.453. The molecule has 0 fully saturated rings. The van der Waals surface area contributed by atoms with E-state index in [1.807, 2.05) is 0 Å². The number of anilines is 2. The molecule has 4 heteroatoms. The molecule has 0 aliphatic carbocycles. The fourth-order valence-corrected chi connectivity index (χ4v) is 2.38. The molecule has 0 spiro atoms. The molecule has 120 valence electrons. The van der Waals surface area contributed by atoms with Crippen LogP contribution in [0.4, 0.5) is 11.6 Å². The normalized spacial score (nSPS) is 12.2. The van der Waals surface area contributed by atoms with Gasteiger partial charge in [-0.3, -0.25) is 0 Å². The molecule has 0 radical (unpaired) electrons. The van der Waals surface area contributed by atoms with Crippen molar-refractivity contribution in [2.45, 2.75) is 79.2 Å². The van der Waals surface area contributed by atoms with E-state index in [1.165, 1.54) is 25.7 Å². The molecule has 1 heterocycles. The van der Waals surface area contributed by atoms with Crippen LogP contribution in [0.3, 0.4) is 0 Å². The minimum atomic E-state index is 0.453. The topological polar surface area (TPSA) is 49.8 Å². The van der Waals surface area contributed by atoms with E-state index >= 15 is 0 Å². The summed E-state index contributed by atoms with van der Waals surface area (Å²) in [6.45, 7) is 11.7. The lowest BCUT2D eigenvalue weighted by Gasteiger charge is -2.18. The van der Waals surface area contributed by atoms with Crippen molar-refractivity contribution < 1.29 is 0 Å². The average molecular weight is 292 g/mol. The van der Waals surface area contributed by atoms with Gasteiger partial charge < -0.3 is 10.6 Å². The number of nitrogens with zero attached hydrogens (tertiary/aromatic N) is 2. The first-order valence-corrected chi connectivity index (χ1v) is 8.50. The predicted octanol–water partition coefficient (Wildman–Crippen LogP) is 4.55. The standard InChI is InChI=1S/C17H32N4/c1-6-9-10-12-13(4)19-17-14(5)16(18-8-3)20-15(21-17)11-7-2/h13H,6-12H2,1-5H3,(H2,18,19,20,21). The summed E-state index contributed by atoms with van der Waals surface area (Å²) in [5, 5.41) is 6.93. The molecule has 21 heavy (non-hydrogen) atoms. The van der Waals surface area contributed by atoms with Gasteiger partial charge in [0.05, 0.1) is 0 Å². The van der Waals surface area contributed by atoms with Gasteiger partial charge >= 0.3 is 0 Å². The largest absolute Gasteiger partial charge is 0.370 e. The Morgan fingerprint density at radius 1 is 1.00 bits per heavy atom. The van der Waals surface area contributed by atoms with Crippen LogP contribution in [-0.2, 0) is 6.42 Å². The number of hydrogen-bond donors (Lipinski definition) is 2. The van der Waals surface area contributed by atoms with E-state index in [9.17, 15) is 0 Å². The van der Waals surface area contributed by atoms with Gasteiger partial charge in [0.1, 0.15) is 17.5 Å². The highest BCUT2D eigenvalue weighted by Gasteiger charge is 2.12. The van der Waals surface area contributed by atoms with Crippen molar-refractivity contribution >= 4 is 11.6 Å². The van der Waals surface area contributed by atoms with E-state index in [0.29, 0.717) is 6.04 Å². The Hall–Kier alpha value is -1.32. The zero-order valence-electron chi connectivity index (χ0n) is 14.4. The number of hydrogen-bond acceptors (Lipinski definition) is 4. The fraction of sp³-hybridized carbons (Fsp3) is 0.765. The van der Waals surface area contributed by atoms with Gasteiger partial charge in [-0.1, -0.05) is 33.1 Å². The van der Waals surface area contributed by atoms with Gasteiger partial charge in [-0.15, -0.1) is 0 Å². The smallest absolute Gasteiger partial charge is 0.134 e. The predicted molar refractivity (Wildman–Crippen MR) is 92.2 cm³/mol. The summed E-state index contributed by atoms with van der Waals surface area (Å²) in [5.41, 5.74) is 1.12. The van der Waals surface area contributed by atoms with Crippen LogP contribution in [0.15, 0.2) is 0 Å². The Morgan fingerprint density at radius 3 is 2.33 bits per heavy atom. The third-order valence-corrected chi connectivity index (χ3v) is 3.63. The maximum absolute atomic E-state index is 4.71. The van der Waals surface area contributed by atoms with Crippen molar-refractivity contribution in [1.29, 1.82) is 0 Å². The monoisotopic (exact) mass is 292 g/mol. The Kier molecular flexibility index (Phi) is 8.09. The van der Waals surface area contributed by atoms with Gasteiger partial charge in [0.25, 0.3) is 0 Å². The highest BCUT2D eigenvalue weighted by atomic mass is 15.1. The van der Waals surface area contributed by atoms with Crippen LogP contribution in [0.5, 0.6) is 0 Å². The van der Waals surface area contributed by atoms with Crippen LogP contribution < -0.4 is 10.6 Å². The number of aryl methyl sites for hydroxylation is 1. The summed E-state index contributed by atoms with van der Waals surface area (Å²) in [7, 11) is 0. The number of aromatic nitrogens is 2. The number of nitrogens with one attached hydrogen (secondary N) is 2. The molecule has 0 amide bonds. The van der Waals surface area contributed by atoms with Crippen molar-refractivity contribution in [2.75, 3.05) is 17.2 Å². The summed E-state index contributed by atoms with van der Waals surface area (Å²) < 4.78 is 0. The molecule has 1 atom stereocenters. The summed E-state index contributed by atoms with van der Waals surface area (Å²) in [4.78, 5) is 9.34. The molecule has 0 saturated heterocycles. The second kappa shape index (κ2) is 9.59. The van der Waals surface area contributed by atoms with Gasteiger partial charge in [0.2, 0.25) is 0 Å². The summed E-state index contributed by atoms with van der Waals surface area (Å²) in [5.74, 6) is 2.90. The molecular weight excluding hydrogens is 260 g/mol. The van der Waals surface area contributed by atoms with Gasteiger partial charge in [0.15, 0.2) is 0 Å². The number of unbranched alkanes of at least 4 members (excludes halogenated alkanes) is 2. The van der Waals surface area contributed by atoms with E-state index in [-0.39, 0.29) is 0 Å². The maximum Gasteiger partial charge on any atom is 0.134 e. The SMILES string of the molecule is CCCCCC(C)Nc1nc(CCC)nc(NCC)c1C. The summed E-state index contributed by atoms with van der Waals surface area (Å²) in [6, 6.07) is 0.453. The van der Waals surface area contributed by atoms with Crippen LogP contribution in [0, 0.1) is 6.92 Å². The molecule has 0 bridgehead atoms. The first kappa shape index (κ1) is 17.7. The molecule has 0 saturated carbocycles. The van der Waals surface area contributed by atoms with Crippen LogP contribution >= 0.6 is 0 Å². The van der Waals surface area contributed by atoms with Gasteiger partial charge in [-0.2, -0.15) is 0 Å².